The predicted molar refractivity (Wildman–Crippen MR) is 79.6 cm³/mol. The highest BCUT2D eigenvalue weighted by atomic mass is 19.4. The molecule has 9 heteroatoms. The monoisotopic (exact) mass is 354 g/mol. The van der Waals surface area contributed by atoms with Crippen molar-refractivity contribution in [3.05, 3.63) is 59.4 Å². The van der Waals surface area contributed by atoms with Gasteiger partial charge in [0.2, 0.25) is 0 Å². The minimum Gasteiger partial charge on any atom is -0.452 e. The normalized spacial score (nSPS) is 11.0. The van der Waals surface area contributed by atoms with Gasteiger partial charge in [0.05, 0.1) is 11.1 Å². The second-order valence-corrected chi connectivity index (χ2v) is 5.04. The number of halogens is 3. The molecular weight excluding hydrogens is 341 g/mol. The number of alkyl halides is 3. The maximum atomic E-state index is 12.6. The largest absolute Gasteiger partial charge is 0.452 e. The number of esters is 1. The van der Waals surface area contributed by atoms with E-state index in [1.54, 1.807) is 19.3 Å². The summed E-state index contributed by atoms with van der Waals surface area (Å²) in [6, 6.07) is 6.70. The third-order valence-corrected chi connectivity index (χ3v) is 3.19. The highest BCUT2D eigenvalue weighted by Crippen LogP contribution is 2.29. The molecule has 1 N–H and O–H groups in total. The number of benzene rings is 1. The Balaban J connectivity index is 1.93. The molecule has 0 saturated carbocycles. The van der Waals surface area contributed by atoms with E-state index in [0.717, 1.165) is 18.2 Å². The summed E-state index contributed by atoms with van der Waals surface area (Å²) in [6.07, 6.45) is -3.00. The first-order valence-corrected chi connectivity index (χ1v) is 6.98. The molecule has 1 aromatic heterocycles. The Morgan fingerprint density at radius 3 is 2.48 bits per heavy atom. The molecule has 1 heterocycles. The summed E-state index contributed by atoms with van der Waals surface area (Å²) in [4.78, 5) is 35.2. The van der Waals surface area contributed by atoms with Crippen LogP contribution in [0, 0.1) is 0 Å². The van der Waals surface area contributed by atoms with E-state index in [4.69, 9.17) is 0 Å². The number of carbonyl (C=O) groups is 3. The van der Waals surface area contributed by atoms with Gasteiger partial charge in [0.1, 0.15) is 5.69 Å². The Morgan fingerprint density at radius 2 is 1.88 bits per heavy atom. The number of hydrogen-bond donors (Lipinski definition) is 1. The first kappa shape index (κ1) is 18.2. The lowest BCUT2D eigenvalue weighted by atomic mass is 10.1. The molecule has 2 aromatic rings. The van der Waals surface area contributed by atoms with Crippen LogP contribution < -0.4 is 5.32 Å². The molecular formula is C16H13F3N2O4. The van der Waals surface area contributed by atoms with Crippen molar-refractivity contribution >= 4 is 17.8 Å². The number of ether oxygens (including phenoxy) is 1. The standard InChI is InChI=1S/C16H13F3N2O4/c1-21-7-3-6-12(21)14(23)20-13(22)9-25-15(24)10-4-2-5-11(8-10)16(17,18)19/h2-8H,9H2,1H3,(H,20,22,23). The summed E-state index contributed by atoms with van der Waals surface area (Å²) in [7, 11) is 1.60. The molecule has 2 rings (SSSR count). The van der Waals surface area contributed by atoms with E-state index in [9.17, 15) is 27.6 Å². The van der Waals surface area contributed by atoms with Gasteiger partial charge in [-0.3, -0.25) is 14.9 Å². The maximum Gasteiger partial charge on any atom is 0.416 e. The quantitative estimate of drug-likeness (QED) is 0.854. The highest BCUT2D eigenvalue weighted by molar-refractivity contribution is 6.04. The zero-order chi connectivity index (χ0) is 18.6. The maximum absolute atomic E-state index is 12.6. The number of amides is 2. The van der Waals surface area contributed by atoms with E-state index < -0.39 is 36.1 Å². The fourth-order valence-electron chi connectivity index (χ4n) is 1.96. The van der Waals surface area contributed by atoms with E-state index in [-0.39, 0.29) is 11.3 Å². The van der Waals surface area contributed by atoms with Crippen LogP contribution in [-0.2, 0) is 22.8 Å². The van der Waals surface area contributed by atoms with Gasteiger partial charge in [-0.25, -0.2) is 4.79 Å². The van der Waals surface area contributed by atoms with E-state index in [2.05, 4.69) is 4.74 Å². The molecule has 0 aliphatic rings. The number of nitrogens with zero attached hydrogens (tertiary/aromatic N) is 1. The molecule has 25 heavy (non-hydrogen) atoms. The van der Waals surface area contributed by atoms with Gasteiger partial charge in [-0.05, 0) is 30.3 Å². The van der Waals surface area contributed by atoms with Gasteiger partial charge >= 0.3 is 12.1 Å². The van der Waals surface area contributed by atoms with Crippen molar-refractivity contribution in [2.75, 3.05) is 6.61 Å². The van der Waals surface area contributed by atoms with Crippen molar-refractivity contribution in [3.63, 3.8) is 0 Å². The minimum atomic E-state index is -4.60. The van der Waals surface area contributed by atoms with Gasteiger partial charge in [0, 0.05) is 13.2 Å². The average molecular weight is 354 g/mol. The van der Waals surface area contributed by atoms with E-state index in [1.807, 2.05) is 5.32 Å². The van der Waals surface area contributed by atoms with Gasteiger partial charge in [0.15, 0.2) is 6.61 Å². The number of aromatic nitrogens is 1. The summed E-state index contributed by atoms with van der Waals surface area (Å²) in [5.74, 6) is -2.69. The number of imide groups is 1. The van der Waals surface area contributed by atoms with Crippen molar-refractivity contribution in [2.24, 2.45) is 7.05 Å². The third-order valence-electron chi connectivity index (χ3n) is 3.19. The molecule has 0 unspecified atom stereocenters. The predicted octanol–water partition coefficient (Wildman–Crippen LogP) is 2.16. The van der Waals surface area contributed by atoms with Crippen molar-refractivity contribution in [1.82, 2.24) is 9.88 Å². The van der Waals surface area contributed by atoms with Crippen molar-refractivity contribution < 1.29 is 32.3 Å². The zero-order valence-electron chi connectivity index (χ0n) is 13.0. The zero-order valence-corrected chi connectivity index (χ0v) is 13.0. The smallest absolute Gasteiger partial charge is 0.416 e. The molecule has 0 saturated heterocycles. The summed E-state index contributed by atoms with van der Waals surface area (Å²) in [5.41, 5.74) is -1.14. The van der Waals surface area contributed by atoms with Crippen molar-refractivity contribution in [3.8, 4) is 0 Å². The van der Waals surface area contributed by atoms with Gasteiger partial charge in [0.25, 0.3) is 11.8 Å². The molecule has 0 fully saturated rings. The Bertz CT molecular complexity index is 812. The second kappa shape index (κ2) is 7.20. The van der Waals surface area contributed by atoms with Gasteiger partial charge in [-0.1, -0.05) is 6.07 Å². The Hall–Kier alpha value is -3.10. The van der Waals surface area contributed by atoms with Crippen LogP contribution in [0.2, 0.25) is 0 Å². The van der Waals surface area contributed by atoms with Crippen LogP contribution >= 0.6 is 0 Å². The summed E-state index contributed by atoms with van der Waals surface area (Å²) < 4.78 is 43.9. The number of rotatable bonds is 4. The van der Waals surface area contributed by atoms with Crippen LogP contribution in [-0.4, -0.2) is 29.0 Å². The van der Waals surface area contributed by atoms with Gasteiger partial charge in [-0.2, -0.15) is 13.2 Å². The molecule has 132 valence electrons. The average Bonchev–Trinajstić information content (AvgIpc) is 2.98. The molecule has 0 aliphatic heterocycles. The molecule has 0 spiro atoms. The first-order chi connectivity index (χ1) is 11.7. The molecule has 6 nitrogen and oxygen atoms in total. The molecule has 0 aliphatic carbocycles. The minimum absolute atomic E-state index is 0.220. The number of aryl methyl sites for hydroxylation is 1. The van der Waals surface area contributed by atoms with Gasteiger partial charge in [-0.15, -0.1) is 0 Å². The van der Waals surface area contributed by atoms with Crippen LogP contribution in [0.4, 0.5) is 13.2 Å². The van der Waals surface area contributed by atoms with Crippen LogP contribution in [0.5, 0.6) is 0 Å². The fourth-order valence-corrected chi connectivity index (χ4v) is 1.96. The lowest BCUT2D eigenvalue weighted by Gasteiger charge is -2.09. The van der Waals surface area contributed by atoms with Crippen LogP contribution in [0.1, 0.15) is 26.4 Å². The Kier molecular flexibility index (Phi) is 5.26. The summed E-state index contributed by atoms with van der Waals surface area (Å²) in [6.45, 7) is -0.800. The molecule has 0 radical (unpaired) electrons. The lowest BCUT2D eigenvalue weighted by molar-refractivity contribution is -0.137. The van der Waals surface area contributed by atoms with Crippen LogP contribution in [0.15, 0.2) is 42.6 Å². The lowest BCUT2D eigenvalue weighted by Crippen LogP contribution is -2.35. The van der Waals surface area contributed by atoms with Crippen molar-refractivity contribution in [2.45, 2.75) is 6.18 Å². The molecule has 2 amide bonds. The molecule has 0 bridgehead atoms. The number of carbonyl (C=O) groups excluding carboxylic acids is 3. The Morgan fingerprint density at radius 1 is 1.16 bits per heavy atom. The first-order valence-electron chi connectivity index (χ1n) is 6.98. The molecule has 0 atom stereocenters. The van der Waals surface area contributed by atoms with Crippen LogP contribution in [0.25, 0.3) is 0 Å². The second-order valence-electron chi connectivity index (χ2n) is 5.04. The van der Waals surface area contributed by atoms with Gasteiger partial charge < -0.3 is 9.30 Å². The summed E-state index contributed by atoms with van der Waals surface area (Å²) >= 11 is 0. The van der Waals surface area contributed by atoms with E-state index >= 15 is 0 Å². The van der Waals surface area contributed by atoms with Crippen molar-refractivity contribution in [1.29, 1.82) is 0 Å². The fraction of sp³-hybridized carbons (Fsp3) is 0.188. The highest BCUT2D eigenvalue weighted by Gasteiger charge is 2.31. The third kappa shape index (κ3) is 4.69. The topological polar surface area (TPSA) is 77.4 Å². The SMILES string of the molecule is Cn1cccc1C(=O)NC(=O)COC(=O)c1cccc(C(F)(F)F)c1. The number of hydrogen-bond acceptors (Lipinski definition) is 4. The van der Waals surface area contributed by atoms with Crippen LogP contribution in [0.3, 0.4) is 0 Å². The Labute approximate surface area is 140 Å². The van der Waals surface area contributed by atoms with E-state index in [0.29, 0.717) is 6.07 Å². The molecule has 1 aromatic carbocycles. The number of nitrogens with one attached hydrogen (secondary N) is 1. The van der Waals surface area contributed by atoms with E-state index in [1.165, 1.54) is 10.6 Å². The summed E-state index contributed by atoms with van der Waals surface area (Å²) in [5, 5.41) is 2.01.